The minimum Gasteiger partial charge on any atom is -0.507 e. The van der Waals surface area contributed by atoms with Crippen molar-refractivity contribution in [1.29, 1.82) is 0 Å². The first-order valence-corrected chi connectivity index (χ1v) is 10.6. The second-order valence-corrected chi connectivity index (χ2v) is 8.32. The van der Waals surface area contributed by atoms with Gasteiger partial charge in [0.2, 0.25) is 0 Å². The van der Waals surface area contributed by atoms with Crippen molar-refractivity contribution in [3.05, 3.63) is 94.4 Å². The molecule has 1 N–H and O–H groups in total. The van der Waals surface area contributed by atoms with E-state index in [-0.39, 0.29) is 24.0 Å². The van der Waals surface area contributed by atoms with Gasteiger partial charge in [-0.05, 0) is 55.3 Å². The third-order valence-corrected chi connectivity index (χ3v) is 5.94. The van der Waals surface area contributed by atoms with Gasteiger partial charge in [-0.2, -0.15) is 0 Å². The first-order valence-electron chi connectivity index (χ1n) is 10.6. The van der Waals surface area contributed by atoms with Gasteiger partial charge in [-0.3, -0.25) is 9.59 Å². The molecule has 1 fully saturated rings. The summed E-state index contributed by atoms with van der Waals surface area (Å²) in [5.41, 5.74) is 2.36. The molecule has 0 aliphatic carbocycles. The summed E-state index contributed by atoms with van der Waals surface area (Å²) in [6, 6.07) is 17.5. The highest BCUT2D eigenvalue weighted by Gasteiger charge is 2.47. The number of hydrogen-bond donors (Lipinski definition) is 1. The molecule has 1 saturated heterocycles. The Kier molecular flexibility index (Phi) is 4.85. The normalized spacial score (nSPS) is 21.6. The number of hydrogen-bond acceptors (Lipinski definition) is 5. The Bertz CT molecular complexity index is 1240. The molecule has 5 rings (SSSR count). The van der Waals surface area contributed by atoms with Crippen molar-refractivity contribution in [1.82, 2.24) is 4.90 Å². The monoisotopic (exact) mass is 429 g/mol. The maximum absolute atomic E-state index is 13.1. The quantitative estimate of drug-likeness (QED) is 0.374. The molecule has 2 aliphatic rings. The number of likely N-dealkylation sites (tertiary alicyclic amines) is 1. The van der Waals surface area contributed by atoms with Crippen LogP contribution < -0.4 is 4.74 Å². The summed E-state index contributed by atoms with van der Waals surface area (Å²) >= 11 is 0. The largest absolute Gasteiger partial charge is 0.507 e. The Balaban J connectivity index is 1.62. The first-order chi connectivity index (χ1) is 15.4. The number of carbonyl (C=O) groups excluding carboxylic acids is 2. The molecular weight excluding hydrogens is 406 g/mol. The number of rotatable bonds is 4. The van der Waals surface area contributed by atoms with Crippen LogP contribution in [-0.2, 0) is 22.6 Å². The zero-order valence-electron chi connectivity index (χ0n) is 17.9. The molecule has 3 heterocycles. The van der Waals surface area contributed by atoms with E-state index in [0.717, 1.165) is 23.3 Å². The van der Waals surface area contributed by atoms with E-state index in [1.165, 1.54) is 4.90 Å². The maximum Gasteiger partial charge on any atom is 0.296 e. The lowest BCUT2D eigenvalue weighted by molar-refractivity contribution is -0.140. The average Bonchev–Trinajstić information content (AvgIpc) is 3.44. The number of aliphatic hydroxyl groups excluding tert-OH is 1. The van der Waals surface area contributed by atoms with E-state index in [1.54, 1.807) is 31.2 Å². The molecule has 0 bridgehead atoms. The van der Waals surface area contributed by atoms with Gasteiger partial charge in [-0.15, -0.1) is 0 Å². The Hall–Kier alpha value is -3.80. The number of furan rings is 1. The number of ketones is 1. The summed E-state index contributed by atoms with van der Waals surface area (Å²) < 4.78 is 11.6. The summed E-state index contributed by atoms with van der Waals surface area (Å²) in [7, 11) is 0. The maximum atomic E-state index is 13.1. The topological polar surface area (TPSA) is 80.0 Å². The molecule has 1 amide bonds. The van der Waals surface area contributed by atoms with E-state index in [0.29, 0.717) is 17.1 Å². The number of amides is 1. The van der Waals surface area contributed by atoms with Gasteiger partial charge < -0.3 is 19.2 Å². The molecule has 32 heavy (non-hydrogen) atoms. The second kappa shape index (κ2) is 7.71. The van der Waals surface area contributed by atoms with Crippen LogP contribution in [0.4, 0.5) is 0 Å². The third-order valence-electron chi connectivity index (χ3n) is 5.94. The van der Waals surface area contributed by atoms with Gasteiger partial charge in [0, 0.05) is 18.5 Å². The fraction of sp³-hybridized carbons (Fsp3) is 0.231. The number of carbonyl (C=O) groups is 2. The minimum absolute atomic E-state index is 0.0344. The summed E-state index contributed by atoms with van der Waals surface area (Å²) in [6.45, 7) is 4.00. The highest BCUT2D eigenvalue weighted by molar-refractivity contribution is 6.46. The van der Waals surface area contributed by atoms with Crippen LogP contribution in [0, 0.1) is 6.92 Å². The Morgan fingerprint density at radius 1 is 1.09 bits per heavy atom. The fourth-order valence-electron chi connectivity index (χ4n) is 4.44. The Morgan fingerprint density at radius 2 is 1.88 bits per heavy atom. The smallest absolute Gasteiger partial charge is 0.296 e. The third kappa shape index (κ3) is 3.38. The fourth-order valence-corrected chi connectivity index (χ4v) is 4.44. The van der Waals surface area contributed by atoms with Gasteiger partial charge in [-0.25, -0.2) is 0 Å². The molecule has 2 atom stereocenters. The molecule has 162 valence electrons. The number of nitrogens with zero attached hydrogens (tertiary/aromatic N) is 1. The van der Waals surface area contributed by atoms with Gasteiger partial charge in [0.15, 0.2) is 0 Å². The summed E-state index contributed by atoms with van der Waals surface area (Å²) in [6.07, 6.45) is 0.782. The molecule has 0 spiro atoms. The molecule has 6 heteroatoms. The molecular formula is C26H23NO5. The molecule has 0 saturated carbocycles. The van der Waals surface area contributed by atoms with E-state index in [4.69, 9.17) is 9.15 Å². The Labute approximate surface area is 185 Å². The van der Waals surface area contributed by atoms with E-state index in [9.17, 15) is 14.7 Å². The number of aryl methyl sites for hydroxylation is 1. The van der Waals surface area contributed by atoms with Crippen molar-refractivity contribution in [3.8, 4) is 5.75 Å². The van der Waals surface area contributed by atoms with E-state index >= 15 is 0 Å². The summed E-state index contributed by atoms with van der Waals surface area (Å²) in [5, 5.41) is 11.2. The van der Waals surface area contributed by atoms with Gasteiger partial charge in [0.25, 0.3) is 11.7 Å². The molecule has 3 aromatic rings. The van der Waals surface area contributed by atoms with Crippen LogP contribution >= 0.6 is 0 Å². The average molecular weight is 429 g/mol. The number of benzene rings is 2. The van der Waals surface area contributed by atoms with Crippen molar-refractivity contribution in [2.24, 2.45) is 0 Å². The standard InChI is InChI=1S/C26H23NO5/c1-15-8-10-21(31-15)23-22(24(28)18-9-11-20-19(13-18)12-16(2)32-20)25(29)26(30)27(23)14-17-6-4-3-5-7-17/h3-11,13,16,23,28H,12,14H2,1-2H3/b24-22+. The van der Waals surface area contributed by atoms with E-state index in [2.05, 4.69) is 0 Å². The molecule has 6 nitrogen and oxygen atoms in total. The van der Waals surface area contributed by atoms with Crippen molar-refractivity contribution in [2.45, 2.75) is 39.0 Å². The number of fused-ring (bicyclic) bond motifs is 1. The predicted octanol–water partition coefficient (Wildman–Crippen LogP) is 4.53. The van der Waals surface area contributed by atoms with Gasteiger partial charge in [0.05, 0.1) is 5.57 Å². The van der Waals surface area contributed by atoms with Gasteiger partial charge >= 0.3 is 0 Å². The molecule has 0 radical (unpaired) electrons. The van der Waals surface area contributed by atoms with Gasteiger partial charge in [-0.1, -0.05) is 30.3 Å². The summed E-state index contributed by atoms with van der Waals surface area (Å²) in [4.78, 5) is 27.6. The second-order valence-electron chi connectivity index (χ2n) is 8.32. The van der Waals surface area contributed by atoms with Crippen molar-refractivity contribution in [3.63, 3.8) is 0 Å². The van der Waals surface area contributed by atoms with Crippen LogP contribution in [0.1, 0.15) is 41.2 Å². The van der Waals surface area contributed by atoms with Crippen LogP contribution in [0.3, 0.4) is 0 Å². The van der Waals surface area contributed by atoms with Crippen molar-refractivity contribution < 1.29 is 23.8 Å². The number of Topliss-reactive ketones (excluding diaryl/α,β-unsaturated/α-hetero) is 1. The van der Waals surface area contributed by atoms with Crippen LogP contribution in [0.15, 0.2) is 70.7 Å². The van der Waals surface area contributed by atoms with E-state index < -0.39 is 17.7 Å². The zero-order chi connectivity index (χ0) is 22.4. The summed E-state index contributed by atoms with van der Waals surface area (Å²) in [5.74, 6) is 0.290. The van der Waals surface area contributed by atoms with Gasteiger partial charge in [0.1, 0.15) is 35.2 Å². The van der Waals surface area contributed by atoms with Crippen LogP contribution in [0.2, 0.25) is 0 Å². The predicted molar refractivity (Wildman–Crippen MR) is 118 cm³/mol. The van der Waals surface area contributed by atoms with Crippen molar-refractivity contribution in [2.75, 3.05) is 0 Å². The zero-order valence-corrected chi connectivity index (χ0v) is 17.9. The van der Waals surface area contributed by atoms with Crippen LogP contribution in [0.5, 0.6) is 5.75 Å². The lowest BCUT2D eigenvalue weighted by Gasteiger charge is -2.23. The SMILES string of the molecule is Cc1ccc(C2/C(=C(\O)c3ccc4c(c3)CC(C)O4)C(=O)C(=O)N2Cc2ccccc2)o1. The molecule has 2 unspecified atom stereocenters. The molecule has 2 aromatic carbocycles. The lowest BCUT2D eigenvalue weighted by Crippen LogP contribution is -2.29. The lowest BCUT2D eigenvalue weighted by atomic mass is 9.97. The molecule has 2 aliphatic heterocycles. The van der Waals surface area contributed by atoms with E-state index in [1.807, 2.05) is 43.3 Å². The number of aliphatic hydroxyl groups is 1. The van der Waals surface area contributed by atoms with Crippen LogP contribution in [0.25, 0.3) is 5.76 Å². The number of ether oxygens (including phenoxy) is 1. The first kappa shape index (κ1) is 20.1. The minimum atomic E-state index is -0.813. The Morgan fingerprint density at radius 3 is 2.59 bits per heavy atom. The van der Waals surface area contributed by atoms with Crippen LogP contribution in [-0.4, -0.2) is 27.8 Å². The highest BCUT2D eigenvalue weighted by Crippen LogP contribution is 2.41. The van der Waals surface area contributed by atoms with Crippen molar-refractivity contribution >= 4 is 17.4 Å². The molecule has 1 aromatic heterocycles. The highest BCUT2D eigenvalue weighted by atomic mass is 16.5.